The molecule has 2 aliphatic rings. The molecule has 0 bridgehead atoms. The van der Waals surface area contributed by atoms with E-state index in [0.717, 1.165) is 66.6 Å². The van der Waals surface area contributed by atoms with Crippen LogP contribution in [-0.2, 0) is 20.0 Å². The molecule has 7 nitrogen and oxygen atoms in total. The quantitative estimate of drug-likeness (QED) is 0.412. The van der Waals surface area contributed by atoms with E-state index in [4.69, 9.17) is 4.98 Å². The molecule has 2 fully saturated rings. The van der Waals surface area contributed by atoms with E-state index in [0.29, 0.717) is 13.1 Å². The van der Waals surface area contributed by atoms with Crippen LogP contribution in [0.3, 0.4) is 0 Å². The lowest BCUT2D eigenvalue weighted by Crippen LogP contribution is -2.37. The van der Waals surface area contributed by atoms with Crippen LogP contribution < -0.4 is 0 Å². The van der Waals surface area contributed by atoms with Crippen LogP contribution in [0.25, 0.3) is 10.2 Å². The second-order valence-electron chi connectivity index (χ2n) is 9.42. The Morgan fingerprint density at radius 1 is 0.857 bits per heavy atom. The molecule has 0 radical (unpaired) electrons. The fourth-order valence-corrected chi connectivity index (χ4v) is 8.81. The van der Waals surface area contributed by atoms with Crippen molar-refractivity contribution in [1.29, 1.82) is 0 Å². The maximum absolute atomic E-state index is 13.2. The number of aromatic nitrogens is 1. The molecule has 5 rings (SSSR count). The number of nitrogens with zero attached hydrogens (tertiary/aromatic N) is 3. The summed E-state index contributed by atoms with van der Waals surface area (Å²) in [5.74, 6) is 0.255. The number of sulfonamides is 1. The average Bonchev–Trinajstić information content (AvgIpc) is 3.14. The Morgan fingerprint density at radius 2 is 1.49 bits per heavy atom. The Bertz CT molecular complexity index is 1360. The molecule has 3 aromatic rings. The van der Waals surface area contributed by atoms with Crippen LogP contribution in [-0.4, -0.2) is 45.6 Å². The molecule has 2 aromatic carbocycles. The molecule has 1 N–H and O–H groups in total. The summed E-state index contributed by atoms with van der Waals surface area (Å²) in [6.45, 7) is 0.858. The fourth-order valence-electron chi connectivity index (χ4n) is 4.97. The van der Waals surface area contributed by atoms with Crippen molar-refractivity contribution in [3.63, 3.8) is 0 Å². The van der Waals surface area contributed by atoms with Gasteiger partial charge in [0.2, 0.25) is 10.0 Å². The van der Waals surface area contributed by atoms with Crippen LogP contribution in [0.2, 0.25) is 0 Å². The predicted octanol–water partition coefficient (Wildman–Crippen LogP) is 5.89. The zero-order valence-corrected chi connectivity index (χ0v) is 22.0. The highest BCUT2D eigenvalue weighted by atomic mass is 32.2. The number of hydrogen-bond acceptors (Lipinski definition) is 6. The lowest BCUT2D eigenvalue weighted by Gasteiger charge is -2.30. The summed E-state index contributed by atoms with van der Waals surface area (Å²) in [5.41, 5.74) is 0.994. The Labute approximate surface area is 211 Å². The van der Waals surface area contributed by atoms with Gasteiger partial charge in [-0.05, 0) is 62.1 Å². The zero-order valence-electron chi connectivity index (χ0n) is 19.6. The molecule has 1 aliphatic heterocycles. The molecule has 188 valence electrons. The third-order valence-electron chi connectivity index (χ3n) is 7.00. The highest BCUT2D eigenvalue weighted by Crippen LogP contribution is 2.35. The van der Waals surface area contributed by atoms with Crippen molar-refractivity contribution < 1.29 is 17.2 Å². The van der Waals surface area contributed by atoms with Crippen LogP contribution in [0.15, 0.2) is 62.7 Å². The molecule has 0 spiro atoms. The number of fused-ring (bicyclic) bond motifs is 1. The minimum absolute atomic E-state index is 0.116. The summed E-state index contributed by atoms with van der Waals surface area (Å²) in [7, 11) is -7.23. The topological polar surface area (TPSA) is 99.9 Å². The van der Waals surface area contributed by atoms with Crippen molar-refractivity contribution in [2.75, 3.05) is 13.1 Å². The van der Waals surface area contributed by atoms with E-state index in [1.54, 1.807) is 11.3 Å². The summed E-state index contributed by atoms with van der Waals surface area (Å²) in [4.78, 5) is 5.06. The van der Waals surface area contributed by atoms with Gasteiger partial charge in [-0.1, -0.05) is 37.8 Å². The molecule has 1 aromatic heterocycles. The van der Waals surface area contributed by atoms with Crippen molar-refractivity contribution in [3.8, 4) is 0 Å². The fraction of sp³-hybridized carbons (Fsp3) is 0.480. The van der Waals surface area contributed by atoms with Gasteiger partial charge in [-0.3, -0.25) is 4.55 Å². The van der Waals surface area contributed by atoms with Crippen molar-refractivity contribution in [2.45, 2.75) is 73.1 Å². The Balaban J connectivity index is 1.27. The number of thiazole rings is 1. The zero-order chi connectivity index (χ0) is 24.5. The molecule has 1 unspecified atom stereocenters. The first-order chi connectivity index (χ1) is 16.8. The molecule has 1 saturated heterocycles. The highest BCUT2D eigenvalue weighted by Gasteiger charge is 2.31. The lowest BCUT2D eigenvalue weighted by molar-refractivity contribution is 0.319. The second kappa shape index (κ2) is 10.3. The molecule has 10 heteroatoms. The number of benzene rings is 2. The first kappa shape index (κ1) is 24.8. The van der Waals surface area contributed by atoms with Crippen molar-refractivity contribution in [2.24, 2.45) is 4.36 Å². The Kier molecular flexibility index (Phi) is 7.28. The molecule has 1 saturated carbocycles. The van der Waals surface area contributed by atoms with E-state index in [-0.39, 0.29) is 21.8 Å². The molecule has 1 atom stereocenters. The van der Waals surface area contributed by atoms with Gasteiger partial charge in [-0.25, -0.2) is 22.0 Å². The van der Waals surface area contributed by atoms with Crippen LogP contribution in [0.4, 0.5) is 0 Å². The molecule has 2 heterocycles. The number of para-hydroxylation sites is 1. The van der Waals surface area contributed by atoms with Crippen molar-refractivity contribution >= 4 is 41.6 Å². The van der Waals surface area contributed by atoms with Gasteiger partial charge in [-0.15, -0.1) is 11.3 Å². The van der Waals surface area contributed by atoms with Crippen molar-refractivity contribution in [1.82, 2.24) is 9.29 Å². The summed E-state index contributed by atoms with van der Waals surface area (Å²) in [5, 5.41) is 1.07. The SMILES string of the molecule is O=S(=O)(c1ccc(S(=O)(O)=NC2CCCCCC2)cc1)N1CCC(c2nc3ccccc3s2)CC1. The van der Waals surface area contributed by atoms with E-state index in [9.17, 15) is 17.2 Å². The lowest BCUT2D eigenvalue weighted by atomic mass is 9.99. The Hall–Kier alpha value is -1.85. The average molecular weight is 534 g/mol. The minimum atomic E-state index is -3.68. The smallest absolute Gasteiger partial charge is 0.243 e. The largest absolute Gasteiger partial charge is 0.297 e. The maximum Gasteiger partial charge on any atom is 0.243 e. The molecule has 1 aliphatic carbocycles. The monoisotopic (exact) mass is 533 g/mol. The molecular weight excluding hydrogens is 502 g/mol. The van der Waals surface area contributed by atoms with E-state index in [1.165, 1.54) is 28.6 Å². The van der Waals surface area contributed by atoms with Gasteiger partial charge in [0.05, 0.1) is 31.1 Å². The molecule has 0 amide bonds. The van der Waals surface area contributed by atoms with E-state index in [2.05, 4.69) is 10.4 Å². The van der Waals surface area contributed by atoms with Gasteiger partial charge < -0.3 is 0 Å². The summed E-state index contributed by atoms with van der Waals surface area (Å²) >= 11 is 1.69. The van der Waals surface area contributed by atoms with E-state index in [1.807, 2.05) is 18.2 Å². The normalized spacial score (nSPS) is 20.9. The molecular formula is C25H31N3O4S3. The minimum Gasteiger partial charge on any atom is -0.297 e. The number of hydrogen-bond donors (Lipinski definition) is 1. The van der Waals surface area contributed by atoms with Gasteiger partial charge in [0.15, 0.2) is 10.0 Å². The standard InChI is InChI=1S/C25H31N3O4S3/c29-34(30,27-20-7-3-1-2-4-8-20)21-11-13-22(14-12-21)35(31,32)28-17-15-19(16-18-28)25-26-23-9-5-6-10-24(23)33-25/h5-6,9-14,19-20H,1-4,7-8,15-18H2,(H,27,29,30). The highest BCUT2D eigenvalue weighted by molar-refractivity contribution is 7.89. The van der Waals surface area contributed by atoms with E-state index < -0.39 is 20.0 Å². The van der Waals surface area contributed by atoms with Gasteiger partial charge in [0.25, 0.3) is 0 Å². The van der Waals surface area contributed by atoms with Crippen LogP contribution in [0, 0.1) is 0 Å². The third-order valence-corrected chi connectivity index (χ3v) is 11.6. The van der Waals surface area contributed by atoms with Crippen LogP contribution >= 0.6 is 11.3 Å². The van der Waals surface area contributed by atoms with Gasteiger partial charge in [-0.2, -0.15) is 4.31 Å². The first-order valence-electron chi connectivity index (χ1n) is 12.3. The van der Waals surface area contributed by atoms with Crippen molar-refractivity contribution in [3.05, 3.63) is 53.5 Å². The number of rotatable bonds is 5. The molecule has 35 heavy (non-hydrogen) atoms. The van der Waals surface area contributed by atoms with Crippen LogP contribution in [0.5, 0.6) is 0 Å². The van der Waals surface area contributed by atoms with Gasteiger partial charge >= 0.3 is 0 Å². The summed E-state index contributed by atoms with van der Waals surface area (Å²) in [6.07, 6.45) is 7.44. The van der Waals surface area contributed by atoms with Gasteiger partial charge in [0, 0.05) is 19.0 Å². The predicted molar refractivity (Wildman–Crippen MR) is 140 cm³/mol. The summed E-state index contributed by atoms with van der Waals surface area (Å²) in [6, 6.07) is 13.7. The second-order valence-corrected chi connectivity index (χ2v) is 14.1. The number of piperidine rings is 1. The third kappa shape index (κ3) is 5.46. The van der Waals surface area contributed by atoms with Crippen LogP contribution in [0.1, 0.15) is 62.3 Å². The summed E-state index contributed by atoms with van der Waals surface area (Å²) < 4.78 is 56.9. The Morgan fingerprint density at radius 3 is 2.14 bits per heavy atom. The maximum atomic E-state index is 13.2. The van der Waals surface area contributed by atoms with E-state index >= 15 is 0 Å². The first-order valence-corrected chi connectivity index (χ1v) is 16.0. The van der Waals surface area contributed by atoms with Gasteiger partial charge in [0.1, 0.15) is 0 Å².